The first-order valence-electron chi connectivity index (χ1n) is 8.02. The Bertz CT molecular complexity index is 436. The van der Waals surface area contributed by atoms with E-state index in [-0.39, 0.29) is 5.91 Å². The van der Waals surface area contributed by atoms with E-state index >= 15 is 0 Å². The Morgan fingerprint density at radius 2 is 2.43 bits per heavy atom. The molecule has 5 heteroatoms. The van der Waals surface area contributed by atoms with E-state index in [0.717, 1.165) is 51.4 Å². The first-order valence-corrected chi connectivity index (χ1v) is 8.02. The van der Waals surface area contributed by atoms with E-state index in [4.69, 9.17) is 4.74 Å². The van der Waals surface area contributed by atoms with Gasteiger partial charge in [-0.05, 0) is 25.2 Å². The summed E-state index contributed by atoms with van der Waals surface area (Å²) in [6.07, 6.45) is 7.58. The zero-order chi connectivity index (χ0) is 15.1. The zero-order valence-corrected chi connectivity index (χ0v) is 13.2. The van der Waals surface area contributed by atoms with Crippen molar-refractivity contribution in [3.05, 3.63) is 18.2 Å². The number of imidazole rings is 1. The predicted molar refractivity (Wildman–Crippen MR) is 82.1 cm³/mol. The van der Waals surface area contributed by atoms with Crippen LogP contribution in [0.5, 0.6) is 0 Å². The van der Waals surface area contributed by atoms with E-state index in [9.17, 15) is 4.79 Å². The first kappa shape index (κ1) is 16.0. The molecule has 1 aliphatic heterocycles. The first-order chi connectivity index (χ1) is 10.2. The lowest BCUT2D eigenvalue weighted by molar-refractivity contribution is -0.123. The van der Waals surface area contributed by atoms with Crippen LogP contribution < -0.4 is 5.32 Å². The fourth-order valence-corrected chi connectivity index (χ4v) is 2.79. The standard InChI is InChI=1S/C16H27N3O2/c1-13(2)16-18-7-9-19(16)8-4-6-17-15(20)11-14-5-3-10-21-12-14/h7,9,13-14H,3-6,8,10-12H2,1-2H3,(H,17,20). The Balaban J connectivity index is 1.62. The second-order valence-electron chi connectivity index (χ2n) is 6.12. The molecule has 1 N–H and O–H groups in total. The number of nitrogens with zero attached hydrogens (tertiary/aromatic N) is 2. The molecule has 1 saturated heterocycles. The highest BCUT2D eigenvalue weighted by Crippen LogP contribution is 2.16. The molecule has 1 aromatic rings. The molecule has 0 radical (unpaired) electrons. The predicted octanol–water partition coefficient (Wildman–Crippen LogP) is 2.33. The lowest BCUT2D eigenvalue weighted by atomic mass is 9.98. The van der Waals surface area contributed by atoms with Crippen molar-refractivity contribution in [2.45, 2.75) is 52.0 Å². The second-order valence-corrected chi connectivity index (χ2v) is 6.12. The van der Waals surface area contributed by atoms with Gasteiger partial charge in [0, 0.05) is 51.0 Å². The maximum absolute atomic E-state index is 11.9. The van der Waals surface area contributed by atoms with Crippen LogP contribution in [-0.4, -0.2) is 35.2 Å². The third kappa shape index (κ3) is 5.16. The highest BCUT2D eigenvalue weighted by Gasteiger charge is 2.17. The third-order valence-electron chi connectivity index (χ3n) is 3.89. The zero-order valence-electron chi connectivity index (χ0n) is 13.2. The summed E-state index contributed by atoms with van der Waals surface area (Å²) in [4.78, 5) is 16.2. The molecule has 1 unspecified atom stereocenters. The lowest BCUT2D eigenvalue weighted by Crippen LogP contribution is -2.29. The van der Waals surface area contributed by atoms with E-state index in [1.807, 2.05) is 12.4 Å². The van der Waals surface area contributed by atoms with Gasteiger partial charge in [-0.1, -0.05) is 13.8 Å². The highest BCUT2D eigenvalue weighted by molar-refractivity contribution is 5.76. The van der Waals surface area contributed by atoms with Crippen LogP contribution in [0.4, 0.5) is 0 Å². The number of hydrogen-bond donors (Lipinski definition) is 1. The summed E-state index contributed by atoms with van der Waals surface area (Å²) in [7, 11) is 0. The molecule has 0 saturated carbocycles. The molecule has 2 heterocycles. The van der Waals surface area contributed by atoms with Crippen LogP contribution in [-0.2, 0) is 16.1 Å². The molecular formula is C16H27N3O2. The van der Waals surface area contributed by atoms with Crippen molar-refractivity contribution < 1.29 is 9.53 Å². The van der Waals surface area contributed by atoms with E-state index < -0.39 is 0 Å². The maximum Gasteiger partial charge on any atom is 0.220 e. The van der Waals surface area contributed by atoms with E-state index in [0.29, 0.717) is 18.3 Å². The molecule has 0 bridgehead atoms. The number of hydrogen-bond acceptors (Lipinski definition) is 3. The molecule has 1 atom stereocenters. The van der Waals surface area contributed by atoms with Gasteiger partial charge in [-0.2, -0.15) is 0 Å². The summed E-state index contributed by atoms with van der Waals surface area (Å²) < 4.78 is 7.58. The van der Waals surface area contributed by atoms with Crippen LogP contribution in [0.15, 0.2) is 12.4 Å². The summed E-state index contributed by atoms with van der Waals surface area (Å²) in [5.74, 6) is 2.10. The number of nitrogens with one attached hydrogen (secondary N) is 1. The van der Waals surface area contributed by atoms with Gasteiger partial charge in [0.2, 0.25) is 5.91 Å². The van der Waals surface area contributed by atoms with E-state index in [1.165, 1.54) is 0 Å². The van der Waals surface area contributed by atoms with Gasteiger partial charge in [-0.3, -0.25) is 4.79 Å². The Labute approximate surface area is 127 Å². The van der Waals surface area contributed by atoms with Crippen molar-refractivity contribution in [1.82, 2.24) is 14.9 Å². The number of aromatic nitrogens is 2. The lowest BCUT2D eigenvalue weighted by Gasteiger charge is -2.21. The quantitative estimate of drug-likeness (QED) is 0.785. The second kappa shape index (κ2) is 8.17. The largest absolute Gasteiger partial charge is 0.381 e. The monoisotopic (exact) mass is 293 g/mol. The van der Waals surface area contributed by atoms with Crippen molar-refractivity contribution in [3.63, 3.8) is 0 Å². The summed E-state index contributed by atoms with van der Waals surface area (Å²) in [6.45, 7) is 7.50. The van der Waals surface area contributed by atoms with Crippen LogP contribution in [0.1, 0.15) is 51.3 Å². The van der Waals surface area contributed by atoms with Crippen molar-refractivity contribution in [1.29, 1.82) is 0 Å². The van der Waals surface area contributed by atoms with Crippen LogP contribution in [0.25, 0.3) is 0 Å². The van der Waals surface area contributed by atoms with Crippen molar-refractivity contribution in [3.8, 4) is 0 Å². The normalized spacial score (nSPS) is 18.9. The molecule has 1 fully saturated rings. The van der Waals surface area contributed by atoms with Crippen LogP contribution >= 0.6 is 0 Å². The van der Waals surface area contributed by atoms with Gasteiger partial charge in [0.1, 0.15) is 5.82 Å². The summed E-state index contributed by atoms with van der Waals surface area (Å²) in [5, 5.41) is 3.01. The number of amides is 1. The van der Waals surface area contributed by atoms with Crippen molar-refractivity contribution >= 4 is 5.91 Å². The van der Waals surface area contributed by atoms with Crippen LogP contribution in [0.2, 0.25) is 0 Å². The van der Waals surface area contributed by atoms with Gasteiger partial charge in [-0.15, -0.1) is 0 Å². The molecule has 0 spiro atoms. The SMILES string of the molecule is CC(C)c1nccn1CCCNC(=O)CC1CCCOC1. The van der Waals surface area contributed by atoms with E-state index in [2.05, 4.69) is 28.7 Å². The minimum atomic E-state index is 0.153. The summed E-state index contributed by atoms with van der Waals surface area (Å²) in [5.41, 5.74) is 0. The molecule has 1 amide bonds. The summed E-state index contributed by atoms with van der Waals surface area (Å²) in [6, 6.07) is 0. The molecule has 0 aromatic carbocycles. The Hall–Kier alpha value is -1.36. The topological polar surface area (TPSA) is 56.2 Å². The average Bonchev–Trinajstić information content (AvgIpc) is 2.93. The number of carbonyl (C=O) groups is 1. The van der Waals surface area contributed by atoms with Crippen molar-refractivity contribution in [2.75, 3.05) is 19.8 Å². The molecule has 5 nitrogen and oxygen atoms in total. The smallest absolute Gasteiger partial charge is 0.220 e. The van der Waals surface area contributed by atoms with Crippen molar-refractivity contribution in [2.24, 2.45) is 5.92 Å². The van der Waals surface area contributed by atoms with Gasteiger partial charge >= 0.3 is 0 Å². The highest BCUT2D eigenvalue weighted by atomic mass is 16.5. The van der Waals surface area contributed by atoms with Gasteiger partial charge in [-0.25, -0.2) is 4.98 Å². The van der Waals surface area contributed by atoms with Crippen LogP contribution in [0.3, 0.4) is 0 Å². The van der Waals surface area contributed by atoms with E-state index in [1.54, 1.807) is 0 Å². The van der Waals surface area contributed by atoms with Gasteiger partial charge in [0.15, 0.2) is 0 Å². The number of ether oxygens (including phenoxy) is 1. The van der Waals surface area contributed by atoms with Gasteiger partial charge < -0.3 is 14.6 Å². The molecule has 2 rings (SSSR count). The molecule has 0 aliphatic carbocycles. The Morgan fingerprint density at radius 3 is 3.14 bits per heavy atom. The average molecular weight is 293 g/mol. The minimum Gasteiger partial charge on any atom is -0.381 e. The third-order valence-corrected chi connectivity index (χ3v) is 3.89. The molecule has 21 heavy (non-hydrogen) atoms. The maximum atomic E-state index is 11.9. The molecule has 1 aromatic heterocycles. The van der Waals surface area contributed by atoms with Gasteiger partial charge in [0.05, 0.1) is 0 Å². The number of rotatable bonds is 7. The molecule has 1 aliphatic rings. The van der Waals surface area contributed by atoms with Gasteiger partial charge in [0.25, 0.3) is 0 Å². The minimum absolute atomic E-state index is 0.153. The summed E-state index contributed by atoms with van der Waals surface area (Å²) >= 11 is 0. The molecular weight excluding hydrogens is 266 g/mol. The number of carbonyl (C=O) groups excluding carboxylic acids is 1. The Morgan fingerprint density at radius 1 is 1.57 bits per heavy atom. The van der Waals surface area contributed by atoms with Crippen LogP contribution in [0, 0.1) is 5.92 Å². The fraction of sp³-hybridized carbons (Fsp3) is 0.750. The fourth-order valence-electron chi connectivity index (χ4n) is 2.79. The Kier molecular flexibility index (Phi) is 6.23. The number of aryl methyl sites for hydroxylation is 1. The molecule has 118 valence electrons.